The minimum atomic E-state index is -0.276. The Kier molecular flexibility index (Phi) is 4.85. The van der Waals surface area contributed by atoms with E-state index in [0.717, 1.165) is 22.3 Å². The highest BCUT2D eigenvalue weighted by atomic mass is 16.5. The van der Waals surface area contributed by atoms with E-state index in [1.54, 1.807) is 24.7 Å². The maximum Gasteiger partial charge on any atom is 0.284 e. The quantitative estimate of drug-likeness (QED) is 0.446. The number of H-pyrrole nitrogens is 1. The Morgan fingerprint density at radius 2 is 1.79 bits per heavy atom. The minimum Gasteiger partial charge on any atom is -0.494 e. The van der Waals surface area contributed by atoms with E-state index in [-0.39, 0.29) is 17.9 Å². The van der Waals surface area contributed by atoms with Crippen molar-refractivity contribution in [1.82, 2.24) is 24.1 Å². The van der Waals surface area contributed by atoms with Gasteiger partial charge in [0, 0.05) is 11.3 Å². The van der Waals surface area contributed by atoms with E-state index in [0.29, 0.717) is 34.0 Å². The Bertz CT molecular complexity index is 1590. The summed E-state index contributed by atoms with van der Waals surface area (Å²) in [5.41, 5.74) is 5.15. The molecule has 166 valence electrons. The molecule has 0 unspecified atom stereocenters. The van der Waals surface area contributed by atoms with Gasteiger partial charge in [0.15, 0.2) is 5.65 Å². The molecule has 33 heavy (non-hydrogen) atoms. The standard InChI is InChI=1S/C25H23N5O3/c1-14(31)13-29-18-11-8-12-19(33-4)22(18)27-23(29)21-15(2)26-24-20(17-9-6-5-7-10-17)16(3)28-30(24)25(21)32/h5-12,28H,13H2,1-4H3. The highest BCUT2D eigenvalue weighted by molar-refractivity contribution is 5.89. The van der Waals surface area contributed by atoms with E-state index in [4.69, 9.17) is 14.7 Å². The summed E-state index contributed by atoms with van der Waals surface area (Å²) >= 11 is 0. The number of methoxy groups -OCH3 is 1. The maximum absolute atomic E-state index is 13.7. The summed E-state index contributed by atoms with van der Waals surface area (Å²) in [7, 11) is 1.57. The van der Waals surface area contributed by atoms with Gasteiger partial charge in [-0.2, -0.15) is 0 Å². The number of carbonyl (C=O) groups excluding carboxylic acids is 1. The van der Waals surface area contributed by atoms with Gasteiger partial charge in [-0.1, -0.05) is 36.4 Å². The van der Waals surface area contributed by atoms with Crippen molar-refractivity contribution in [3.8, 4) is 28.3 Å². The van der Waals surface area contributed by atoms with Crippen LogP contribution in [0.4, 0.5) is 0 Å². The van der Waals surface area contributed by atoms with Crippen LogP contribution in [0.1, 0.15) is 18.3 Å². The molecule has 5 aromatic rings. The van der Waals surface area contributed by atoms with Gasteiger partial charge in [0.1, 0.15) is 28.4 Å². The number of fused-ring (bicyclic) bond motifs is 2. The number of aromatic amines is 1. The highest BCUT2D eigenvalue weighted by Gasteiger charge is 2.24. The molecule has 0 fully saturated rings. The zero-order chi connectivity index (χ0) is 23.3. The van der Waals surface area contributed by atoms with Crippen LogP contribution in [0.25, 0.3) is 39.2 Å². The Morgan fingerprint density at radius 1 is 1.03 bits per heavy atom. The van der Waals surface area contributed by atoms with Gasteiger partial charge in [-0.15, -0.1) is 0 Å². The zero-order valence-corrected chi connectivity index (χ0v) is 18.8. The molecule has 0 radical (unpaired) electrons. The molecule has 0 spiro atoms. The Morgan fingerprint density at radius 3 is 2.48 bits per heavy atom. The fourth-order valence-corrected chi connectivity index (χ4v) is 4.36. The Hall–Kier alpha value is -4.20. The number of aryl methyl sites for hydroxylation is 2. The number of benzene rings is 2. The molecular weight excluding hydrogens is 418 g/mol. The van der Waals surface area contributed by atoms with Gasteiger partial charge in [-0.25, -0.2) is 14.5 Å². The monoisotopic (exact) mass is 441 g/mol. The van der Waals surface area contributed by atoms with Crippen molar-refractivity contribution >= 4 is 22.5 Å². The van der Waals surface area contributed by atoms with Crippen molar-refractivity contribution in [1.29, 1.82) is 0 Å². The van der Waals surface area contributed by atoms with Crippen molar-refractivity contribution < 1.29 is 9.53 Å². The molecular formula is C25H23N5O3. The molecule has 0 amide bonds. The van der Waals surface area contributed by atoms with Crippen molar-refractivity contribution in [3.05, 3.63) is 70.3 Å². The smallest absolute Gasteiger partial charge is 0.284 e. The predicted octanol–water partition coefficient (Wildman–Crippen LogP) is 3.92. The van der Waals surface area contributed by atoms with Crippen molar-refractivity contribution in [3.63, 3.8) is 0 Å². The molecule has 1 N–H and O–H groups in total. The van der Waals surface area contributed by atoms with Crippen molar-refractivity contribution in [2.75, 3.05) is 7.11 Å². The number of nitrogens with zero attached hydrogens (tertiary/aromatic N) is 4. The van der Waals surface area contributed by atoms with Crippen LogP contribution < -0.4 is 10.3 Å². The number of nitrogens with one attached hydrogen (secondary N) is 1. The van der Waals surface area contributed by atoms with E-state index in [1.165, 1.54) is 11.4 Å². The first-order chi connectivity index (χ1) is 15.9. The first-order valence-corrected chi connectivity index (χ1v) is 10.6. The summed E-state index contributed by atoms with van der Waals surface area (Å²) in [6.07, 6.45) is 0. The van der Waals surface area contributed by atoms with E-state index >= 15 is 0 Å². The number of carbonyl (C=O) groups is 1. The molecule has 0 saturated heterocycles. The molecule has 5 rings (SSSR count). The van der Waals surface area contributed by atoms with Crippen LogP contribution in [0.5, 0.6) is 5.75 Å². The van der Waals surface area contributed by atoms with Gasteiger partial charge in [-0.05, 0) is 38.5 Å². The second-order valence-electron chi connectivity index (χ2n) is 8.07. The molecule has 2 aromatic carbocycles. The molecule has 0 saturated carbocycles. The summed E-state index contributed by atoms with van der Waals surface area (Å²) < 4.78 is 8.68. The van der Waals surface area contributed by atoms with Gasteiger partial charge in [-0.3, -0.25) is 14.7 Å². The van der Waals surface area contributed by atoms with Crippen LogP contribution in [0.3, 0.4) is 0 Å². The van der Waals surface area contributed by atoms with Crippen LogP contribution in [-0.4, -0.2) is 37.0 Å². The first kappa shape index (κ1) is 20.7. The molecule has 0 atom stereocenters. The molecule has 3 heterocycles. The lowest BCUT2D eigenvalue weighted by molar-refractivity contribution is -0.117. The number of para-hydroxylation sites is 1. The number of hydrogen-bond acceptors (Lipinski definition) is 5. The second-order valence-corrected chi connectivity index (χ2v) is 8.07. The first-order valence-electron chi connectivity index (χ1n) is 10.6. The lowest BCUT2D eigenvalue weighted by Crippen LogP contribution is -2.21. The molecule has 8 nitrogen and oxygen atoms in total. The molecule has 8 heteroatoms. The van der Waals surface area contributed by atoms with Gasteiger partial charge < -0.3 is 9.30 Å². The van der Waals surface area contributed by atoms with Gasteiger partial charge in [0.25, 0.3) is 5.56 Å². The van der Waals surface area contributed by atoms with Crippen LogP contribution >= 0.6 is 0 Å². The predicted molar refractivity (Wildman–Crippen MR) is 127 cm³/mol. The van der Waals surface area contributed by atoms with Gasteiger partial charge >= 0.3 is 0 Å². The summed E-state index contributed by atoms with van der Waals surface area (Å²) in [6, 6.07) is 15.3. The zero-order valence-electron chi connectivity index (χ0n) is 18.8. The van der Waals surface area contributed by atoms with Gasteiger partial charge in [0.05, 0.1) is 24.9 Å². The van der Waals surface area contributed by atoms with Crippen LogP contribution in [-0.2, 0) is 11.3 Å². The minimum absolute atomic E-state index is 0.0488. The fourth-order valence-electron chi connectivity index (χ4n) is 4.36. The number of Topliss-reactive ketones (excluding diaryl/α,β-unsaturated/α-hetero) is 1. The lowest BCUT2D eigenvalue weighted by Gasteiger charge is -2.09. The number of hydrogen-bond donors (Lipinski definition) is 1. The fraction of sp³-hybridized carbons (Fsp3) is 0.200. The van der Waals surface area contributed by atoms with E-state index in [2.05, 4.69) is 5.10 Å². The maximum atomic E-state index is 13.7. The molecule has 0 bridgehead atoms. The van der Waals surface area contributed by atoms with Crippen LogP contribution in [0, 0.1) is 13.8 Å². The molecule has 0 aliphatic carbocycles. The topological polar surface area (TPSA) is 94.3 Å². The van der Waals surface area contributed by atoms with Crippen molar-refractivity contribution in [2.24, 2.45) is 0 Å². The molecule has 0 aliphatic rings. The number of aromatic nitrogens is 5. The lowest BCUT2D eigenvalue weighted by atomic mass is 10.1. The third-order valence-electron chi connectivity index (χ3n) is 5.77. The van der Waals surface area contributed by atoms with Crippen LogP contribution in [0.2, 0.25) is 0 Å². The van der Waals surface area contributed by atoms with Crippen molar-refractivity contribution in [2.45, 2.75) is 27.3 Å². The Balaban J connectivity index is 1.83. The summed E-state index contributed by atoms with van der Waals surface area (Å²) in [6.45, 7) is 5.31. The van der Waals surface area contributed by atoms with Gasteiger partial charge in [0.2, 0.25) is 0 Å². The summed E-state index contributed by atoms with van der Waals surface area (Å²) in [4.78, 5) is 35.4. The normalized spacial score (nSPS) is 11.4. The third-order valence-corrected chi connectivity index (χ3v) is 5.77. The molecule has 3 aromatic heterocycles. The average molecular weight is 441 g/mol. The number of ether oxygens (including phenoxy) is 1. The summed E-state index contributed by atoms with van der Waals surface area (Å²) in [5, 5.41) is 3.16. The number of imidazole rings is 1. The second kappa shape index (κ2) is 7.74. The number of ketones is 1. The van der Waals surface area contributed by atoms with E-state index in [1.807, 2.05) is 49.4 Å². The van der Waals surface area contributed by atoms with Crippen LogP contribution in [0.15, 0.2) is 53.3 Å². The van der Waals surface area contributed by atoms with E-state index < -0.39 is 0 Å². The largest absolute Gasteiger partial charge is 0.494 e. The molecule has 0 aliphatic heterocycles. The Labute approximate surface area is 189 Å². The average Bonchev–Trinajstić information content (AvgIpc) is 3.31. The number of rotatable bonds is 5. The third kappa shape index (κ3) is 3.22. The summed E-state index contributed by atoms with van der Waals surface area (Å²) in [5.74, 6) is 0.916. The van der Waals surface area contributed by atoms with E-state index in [9.17, 15) is 9.59 Å². The highest BCUT2D eigenvalue weighted by Crippen LogP contribution is 2.32. The SMILES string of the molecule is COc1cccc2c1nc(-c1c(C)nc3c(-c4ccccc4)c(C)[nH]n3c1=O)n2CC(C)=O.